The fraction of sp³-hybridized carbons (Fsp3) is 0.333. The number of carbonyl (C=O) groups excluding carboxylic acids is 1. The molecule has 0 aliphatic rings. The lowest BCUT2D eigenvalue weighted by molar-refractivity contribution is -0.140. The standard InChI is InChI=1S/C12H13F2NO3S/c1-7(16)15-11(12(17)18)6-19-5-8-2-9(13)4-10(14)3-8/h2-4,11H,5-6H2,1H3,(H,15,16)(H,17,18)/t11-/m0/s1. The predicted octanol–water partition coefficient (Wildman–Crippen LogP) is 1.79. The minimum atomic E-state index is -1.15. The summed E-state index contributed by atoms with van der Waals surface area (Å²) >= 11 is 1.17. The summed E-state index contributed by atoms with van der Waals surface area (Å²) in [6, 6.07) is 2.13. The van der Waals surface area contributed by atoms with Gasteiger partial charge in [-0.3, -0.25) is 4.79 Å². The van der Waals surface area contributed by atoms with E-state index in [9.17, 15) is 18.4 Å². The number of halogens is 2. The zero-order chi connectivity index (χ0) is 14.4. The first-order chi connectivity index (χ1) is 8.88. The molecule has 0 aromatic heterocycles. The molecule has 1 aromatic rings. The van der Waals surface area contributed by atoms with Crippen LogP contribution < -0.4 is 5.32 Å². The van der Waals surface area contributed by atoms with Crippen LogP contribution in [0, 0.1) is 11.6 Å². The second-order valence-electron chi connectivity index (χ2n) is 3.88. The highest BCUT2D eigenvalue weighted by molar-refractivity contribution is 7.98. The van der Waals surface area contributed by atoms with Crippen molar-refractivity contribution in [2.75, 3.05) is 5.75 Å². The van der Waals surface area contributed by atoms with Gasteiger partial charge >= 0.3 is 5.97 Å². The van der Waals surface area contributed by atoms with Gasteiger partial charge in [-0.2, -0.15) is 11.8 Å². The van der Waals surface area contributed by atoms with E-state index in [0.717, 1.165) is 6.07 Å². The molecule has 1 amide bonds. The van der Waals surface area contributed by atoms with Gasteiger partial charge in [0.25, 0.3) is 0 Å². The topological polar surface area (TPSA) is 66.4 Å². The SMILES string of the molecule is CC(=O)N[C@@H](CSCc1cc(F)cc(F)c1)C(=O)O. The smallest absolute Gasteiger partial charge is 0.327 e. The number of hydrogen-bond donors (Lipinski definition) is 2. The van der Waals surface area contributed by atoms with E-state index in [4.69, 9.17) is 5.11 Å². The maximum absolute atomic E-state index is 12.9. The first kappa shape index (κ1) is 15.4. The molecule has 2 N–H and O–H groups in total. The summed E-state index contributed by atoms with van der Waals surface area (Å²) in [6.07, 6.45) is 0. The van der Waals surface area contributed by atoms with E-state index >= 15 is 0 Å². The van der Waals surface area contributed by atoms with Crippen molar-refractivity contribution in [1.29, 1.82) is 0 Å². The molecule has 0 heterocycles. The van der Waals surface area contributed by atoms with Gasteiger partial charge in [0.05, 0.1) is 0 Å². The van der Waals surface area contributed by atoms with E-state index in [1.54, 1.807) is 0 Å². The number of thioether (sulfide) groups is 1. The summed E-state index contributed by atoms with van der Waals surface area (Å²) in [5.41, 5.74) is 0.425. The van der Waals surface area contributed by atoms with Crippen LogP contribution >= 0.6 is 11.8 Å². The molecule has 0 fully saturated rings. The number of amides is 1. The lowest BCUT2D eigenvalue weighted by Gasteiger charge is -2.12. The van der Waals surface area contributed by atoms with Crippen LogP contribution in [-0.4, -0.2) is 28.8 Å². The van der Waals surface area contributed by atoms with Crippen LogP contribution in [-0.2, 0) is 15.3 Å². The molecule has 0 radical (unpaired) electrons. The van der Waals surface area contributed by atoms with Crippen molar-refractivity contribution in [1.82, 2.24) is 5.32 Å². The number of nitrogens with one attached hydrogen (secondary N) is 1. The molecule has 19 heavy (non-hydrogen) atoms. The zero-order valence-corrected chi connectivity index (χ0v) is 11.0. The summed E-state index contributed by atoms with van der Waals surface area (Å²) < 4.78 is 25.8. The fourth-order valence-corrected chi connectivity index (χ4v) is 2.39. The van der Waals surface area contributed by atoms with E-state index < -0.39 is 29.6 Å². The number of aliphatic carboxylic acids is 1. The van der Waals surface area contributed by atoms with Crippen LogP contribution in [0.3, 0.4) is 0 Å². The first-order valence-corrected chi connectivity index (χ1v) is 6.56. The van der Waals surface area contributed by atoms with Gasteiger partial charge in [-0.25, -0.2) is 13.6 Å². The van der Waals surface area contributed by atoms with Crippen molar-refractivity contribution < 1.29 is 23.5 Å². The Morgan fingerprint density at radius 2 is 1.89 bits per heavy atom. The molecule has 0 bridgehead atoms. The Morgan fingerprint density at radius 1 is 1.32 bits per heavy atom. The van der Waals surface area contributed by atoms with Gasteiger partial charge in [0.1, 0.15) is 17.7 Å². The first-order valence-electron chi connectivity index (χ1n) is 5.41. The summed E-state index contributed by atoms with van der Waals surface area (Å²) in [5, 5.41) is 11.1. The Balaban J connectivity index is 2.51. The average molecular weight is 289 g/mol. The molecule has 0 saturated heterocycles. The van der Waals surface area contributed by atoms with Gasteiger partial charge in [-0.15, -0.1) is 0 Å². The van der Waals surface area contributed by atoms with Crippen molar-refractivity contribution in [2.45, 2.75) is 18.7 Å². The van der Waals surface area contributed by atoms with Crippen LogP contribution in [0.25, 0.3) is 0 Å². The van der Waals surface area contributed by atoms with Gasteiger partial charge in [-0.05, 0) is 17.7 Å². The third kappa shape index (κ3) is 5.69. The lowest BCUT2D eigenvalue weighted by atomic mass is 10.2. The molecule has 1 rings (SSSR count). The van der Waals surface area contributed by atoms with E-state index in [-0.39, 0.29) is 11.5 Å². The molecule has 4 nitrogen and oxygen atoms in total. The summed E-state index contributed by atoms with van der Waals surface area (Å²) in [6.45, 7) is 1.22. The van der Waals surface area contributed by atoms with Gasteiger partial charge < -0.3 is 10.4 Å². The normalized spacial score (nSPS) is 11.9. The molecular weight excluding hydrogens is 276 g/mol. The maximum atomic E-state index is 12.9. The minimum absolute atomic E-state index is 0.118. The summed E-state index contributed by atoms with van der Waals surface area (Å²) in [7, 11) is 0. The molecule has 0 saturated carbocycles. The number of carboxylic acid groups (broad SMARTS) is 1. The summed E-state index contributed by atoms with van der Waals surface area (Å²) in [4.78, 5) is 21.6. The third-order valence-electron chi connectivity index (χ3n) is 2.15. The molecule has 1 aromatic carbocycles. The van der Waals surface area contributed by atoms with Gasteiger partial charge in [0.2, 0.25) is 5.91 Å². The van der Waals surface area contributed by atoms with E-state index in [0.29, 0.717) is 5.56 Å². The highest BCUT2D eigenvalue weighted by atomic mass is 32.2. The van der Waals surface area contributed by atoms with Crippen LogP contribution in [0.5, 0.6) is 0 Å². The quantitative estimate of drug-likeness (QED) is 0.838. The molecule has 0 aliphatic heterocycles. The average Bonchev–Trinajstić information content (AvgIpc) is 2.25. The molecule has 0 unspecified atom stereocenters. The number of rotatable bonds is 6. The van der Waals surface area contributed by atoms with Crippen molar-refractivity contribution >= 4 is 23.6 Å². The Bertz CT molecular complexity index is 462. The third-order valence-corrected chi connectivity index (χ3v) is 3.26. The molecule has 0 spiro atoms. The van der Waals surface area contributed by atoms with Gasteiger partial charge in [-0.1, -0.05) is 0 Å². The van der Waals surface area contributed by atoms with Gasteiger partial charge in [0, 0.05) is 24.5 Å². The Kier molecular flexibility index (Phi) is 5.75. The molecular formula is C12H13F2NO3S. The van der Waals surface area contributed by atoms with Crippen LogP contribution in [0.15, 0.2) is 18.2 Å². The van der Waals surface area contributed by atoms with E-state index in [1.807, 2.05) is 0 Å². The highest BCUT2D eigenvalue weighted by Gasteiger charge is 2.18. The fourth-order valence-electron chi connectivity index (χ4n) is 1.41. The second kappa shape index (κ2) is 7.08. The maximum Gasteiger partial charge on any atom is 0.327 e. The predicted molar refractivity (Wildman–Crippen MR) is 67.8 cm³/mol. The molecule has 7 heteroatoms. The number of carboxylic acids is 1. The number of hydrogen-bond acceptors (Lipinski definition) is 3. The molecule has 104 valence electrons. The zero-order valence-electron chi connectivity index (χ0n) is 10.2. The molecule has 0 aliphatic carbocycles. The van der Waals surface area contributed by atoms with Crippen LogP contribution in [0.4, 0.5) is 8.78 Å². The number of carbonyl (C=O) groups is 2. The Morgan fingerprint density at radius 3 is 2.37 bits per heavy atom. The van der Waals surface area contributed by atoms with Gasteiger partial charge in [0.15, 0.2) is 0 Å². The summed E-state index contributed by atoms with van der Waals surface area (Å²) in [5.74, 6) is -2.55. The van der Waals surface area contributed by atoms with E-state index in [1.165, 1.54) is 30.8 Å². The number of benzene rings is 1. The van der Waals surface area contributed by atoms with Crippen LogP contribution in [0.2, 0.25) is 0 Å². The van der Waals surface area contributed by atoms with Crippen molar-refractivity contribution in [2.24, 2.45) is 0 Å². The Hall–Kier alpha value is -1.63. The van der Waals surface area contributed by atoms with Crippen molar-refractivity contribution in [3.63, 3.8) is 0 Å². The minimum Gasteiger partial charge on any atom is -0.480 e. The largest absolute Gasteiger partial charge is 0.480 e. The Labute approximate surface area is 113 Å². The highest BCUT2D eigenvalue weighted by Crippen LogP contribution is 2.16. The second-order valence-corrected chi connectivity index (χ2v) is 4.91. The van der Waals surface area contributed by atoms with Crippen molar-refractivity contribution in [3.05, 3.63) is 35.4 Å². The lowest BCUT2D eigenvalue weighted by Crippen LogP contribution is -2.41. The van der Waals surface area contributed by atoms with Crippen LogP contribution in [0.1, 0.15) is 12.5 Å². The van der Waals surface area contributed by atoms with Crippen molar-refractivity contribution in [3.8, 4) is 0 Å². The molecule has 1 atom stereocenters. The monoisotopic (exact) mass is 289 g/mol. The van der Waals surface area contributed by atoms with E-state index in [2.05, 4.69) is 5.32 Å².